The molecule has 2 aliphatic heterocycles. The van der Waals surface area contributed by atoms with Gasteiger partial charge in [-0.15, -0.1) is 0 Å². The maximum atomic E-state index is 6.10. The van der Waals surface area contributed by atoms with Crippen LogP contribution in [0.3, 0.4) is 0 Å². The fourth-order valence-electron chi connectivity index (χ4n) is 3.89. The minimum absolute atomic E-state index is 0.111. The first-order valence-electron chi connectivity index (χ1n) is 9.90. The lowest BCUT2D eigenvalue weighted by Crippen LogP contribution is -2.44. The Balaban J connectivity index is 1.08. The summed E-state index contributed by atoms with van der Waals surface area (Å²) in [4.78, 5) is 12.5. The van der Waals surface area contributed by atoms with Gasteiger partial charge in [0.15, 0.2) is 16.6 Å². The number of pyridine rings is 1. The molecule has 146 valence electrons. The highest BCUT2D eigenvalue weighted by Crippen LogP contribution is 2.31. The van der Waals surface area contributed by atoms with Gasteiger partial charge in [0.1, 0.15) is 23.1 Å². The Morgan fingerprint density at radius 3 is 2.82 bits per heavy atom. The standard InChI is InChI=1S/C21H24N4O2S/c1-2-6-19-18(5-1)26-14-16(27-19)13-25-10-7-15(8-11-25)12-23-21-24-17-4-3-9-22-20(17)28-21/h1-6,9,15-16H,7-8,10-14H2,(H,23,24). The smallest absolute Gasteiger partial charge is 0.185 e. The van der Waals surface area contributed by atoms with Gasteiger partial charge in [-0.1, -0.05) is 23.5 Å². The van der Waals surface area contributed by atoms with Crippen LogP contribution >= 0.6 is 11.3 Å². The molecule has 0 aliphatic carbocycles. The third-order valence-corrected chi connectivity index (χ3v) is 6.38. The summed E-state index contributed by atoms with van der Waals surface area (Å²) in [5.74, 6) is 2.40. The van der Waals surface area contributed by atoms with Gasteiger partial charge in [0.2, 0.25) is 0 Å². The molecule has 1 atom stereocenters. The van der Waals surface area contributed by atoms with E-state index in [0.717, 1.165) is 53.2 Å². The summed E-state index contributed by atoms with van der Waals surface area (Å²) in [7, 11) is 0. The number of benzene rings is 1. The molecule has 28 heavy (non-hydrogen) atoms. The van der Waals surface area contributed by atoms with E-state index in [9.17, 15) is 0 Å². The number of hydrogen-bond acceptors (Lipinski definition) is 7. The number of thiazole rings is 1. The van der Waals surface area contributed by atoms with Gasteiger partial charge >= 0.3 is 0 Å². The van der Waals surface area contributed by atoms with Gasteiger partial charge in [-0.2, -0.15) is 0 Å². The Morgan fingerprint density at radius 2 is 1.96 bits per heavy atom. The average molecular weight is 397 g/mol. The van der Waals surface area contributed by atoms with E-state index in [1.54, 1.807) is 11.3 Å². The molecule has 1 unspecified atom stereocenters. The number of nitrogens with zero attached hydrogens (tertiary/aromatic N) is 3. The van der Waals surface area contributed by atoms with Crippen molar-refractivity contribution in [2.45, 2.75) is 18.9 Å². The lowest BCUT2D eigenvalue weighted by atomic mass is 9.96. The zero-order valence-electron chi connectivity index (χ0n) is 15.7. The topological polar surface area (TPSA) is 59.5 Å². The van der Waals surface area contributed by atoms with Gasteiger partial charge in [-0.05, 0) is 56.1 Å². The molecular weight excluding hydrogens is 372 g/mol. The minimum Gasteiger partial charge on any atom is -0.486 e. The first-order chi connectivity index (χ1) is 13.8. The van der Waals surface area contributed by atoms with Crippen LogP contribution in [0.25, 0.3) is 10.3 Å². The second-order valence-corrected chi connectivity index (χ2v) is 8.45. The number of ether oxygens (including phenoxy) is 2. The first-order valence-corrected chi connectivity index (χ1v) is 10.7. The average Bonchev–Trinajstić information content (AvgIpc) is 3.16. The number of fused-ring (bicyclic) bond motifs is 2. The third kappa shape index (κ3) is 3.91. The highest BCUT2D eigenvalue weighted by atomic mass is 32.1. The summed E-state index contributed by atoms with van der Waals surface area (Å²) in [5.41, 5.74) is 0.973. The van der Waals surface area contributed by atoms with Crippen LogP contribution in [0, 0.1) is 5.92 Å². The lowest BCUT2D eigenvalue weighted by Gasteiger charge is -2.35. The summed E-state index contributed by atoms with van der Waals surface area (Å²) >= 11 is 1.63. The Labute approximate surface area is 168 Å². The molecule has 3 aromatic rings. The van der Waals surface area contributed by atoms with Crippen LogP contribution < -0.4 is 14.8 Å². The van der Waals surface area contributed by atoms with Crippen LogP contribution in [0.1, 0.15) is 12.8 Å². The summed E-state index contributed by atoms with van der Waals surface area (Å²) < 4.78 is 11.9. The van der Waals surface area contributed by atoms with Gasteiger partial charge in [0.05, 0.1) is 0 Å². The van der Waals surface area contributed by atoms with Crippen LogP contribution in [-0.4, -0.2) is 53.8 Å². The number of piperidine rings is 1. The molecular formula is C21H24N4O2S. The number of aromatic nitrogens is 2. The molecule has 0 spiro atoms. The number of rotatable bonds is 5. The minimum atomic E-state index is 0.111. The molecule has 6 nitrogen and oxygen atoms in total. The SMILES string of the molecule is c1ccc2c(c1)OCC(CN1CCC(CNc3nc4cccnc4s3)CC1)O2. The van der Waals surface area contributed by atoms with Gasteiger partial charge < -0.3 is 14.8 Å². The van der Waals surface area contributed by atoms with Gasteiger partial charge in [-0.25, -0.2) is 9.97 Å². The largest absolute Gasteiger partial charge is 0.486 e. The van der Waals surface area contributed by atoms with E-state index in [1.165, 1.54) is 12.8 Å². The van der Waals surface area contributed by atoms with Crippen LogP contribution in [0.4, 0.5) is 5.13 Å². The third-order valence-electron chi connectivity index (χ3n) is 5.44. The van der Waals surface area contributed by atoms with Crippen molar-refractivity contribution in [2.75, 3.05) is 38.1 Å². The number of nitrogens with one attached hydrogen (secondary N) is 1. The monoisotopic (exact) mass is 396 g/mol. The summed E-state index contributed by atoms with van der Waals surface area (Å²) in [6, 6.07) is 11.9. The zero-order valence-corrected chi connectivity index (χ0v) is 16.5. The van der Waals surface area contributed by atoms with Gasteiger partial charge in [0.25, 0.3) is 0 Å². The summed E-state index contributed by atoms with van der Waals surface area (Å²) in [6.07, 6.45) is 4.32. The van der Waals surface area contributed by atoms with Crippen molar-refractivity contribution >= 4 is 26.8 Å². The molecule has 0 saturated carbocycles. The molecule has 4 heterocycles. The van der Waals surface area contributed by atoms with Gasteiger partial charge in [0, 0.05) is 19.3 Å². The maximum absolute atomic E-state index is 6.10. The van der Waals surface area contributed by atoms with Crippen LogP contribution in [0.5, 0.6) is 11.5 Å². The van der Waals surface area contributed by atoms with E-state index >= 15 is 0 Å². The van der Waals surface area contributed by atoms with Crippen LogP contribution in [0.15, 0.2) is 42.6 Å². The van der Waals surface area contributed by atoms with Crippen LogP contribution in [0.2, 0.25) is 0 Å². The highest BCUT2D eigenvalue weighted by molar-refractivity contribution is 7.21. The molecule has 0 bridgehead atoms. The van der Waals surface area contributed by atoms with E-state index in [0.29, 0.717) is 12.5 Å². The van der Waals surface area contributed by atoms with E-state index in [4.69, 9.17) is 9.47 Å². The molecule has 0 amide bonds. The molecule has 1 aromatic carbocycles. The molecule has 1 N–H and O–H groups in total. The maximum Gasteiger partial charge on any atom is 0.185 e. The molecule has 1 fully saturated rings. The van der Waals surface area contributed by atoms with Gasteiger partial charge in [-0.3, -0.25) is 4.90 Å². The quantitative estimate of drug-likeness (QED) is 0.710. The Morgan fingerprint density at radius 1 is 1.11 bits per heavy atom. The number of para-hydroxylation sites is 2. The molecule has 0 radical (unpaired) electrons. The van der Waals surface area contributed by atoms with E-state index in [-0.39, 0.29) is 6.10 Å². The molecule has 2 aliphatic rings. The Bertz CT molecular complexity index is 906. The summed E-state index contributed by atoms with van der Waals surface area (Å²) in [5, 5.41) is 4.49. The lowest BCUT2D eigenvalue weighted by molar-refractivity contribution is 0.0485. The Kier molecular flexibility index (Phi) is 5.01. The van der Waals surface area contributed by atoms with Crippen molar-refractivity contribution in [3.05, 3.63) is 42.6 Å². The summed E-state index contributed by atoms with van der Waals surface area (Å²) in [6.45, 7) is 4.75. The normalized spacial score (nSPS) is 20.4. The van der Waals surface area contributed by atoms with E-state index in [2.05, 4.69) is 20.2 Å². The van der Waals surface area contributed by atoms with E-state index < -0.39 is 0 Å². The molecule has 1 saturated heterocycles. The van der Waals surface area contributed by atoms with Crippen molar-refractivity contribution < 1.29 is 9.47 Å². The van der Waals surface area contributed by atoms with Crippen molar-refractivity contribution in [3.63, 3.8) is 0 Å². The zero-order chi connectivity index (χ0) is 18.8. The second kappa shape index (κ2) is 7.93. The molecule has 5 rings (SSSR count). The van der Waals surface area contributed by atoms with Crippen molar-refractivity contribution in [1.29, 1.82) is 0 Å². The Hall–Kier alpha value is -2.38. The molecule has 2 aromatic heterocycles. The second-order valence-electron chi connectivity index (χ2n) is 7.47. The number of anilines is 1. The van der Waals surface area contributed by atoms with Crippen molar-refractivity contribution in [1.82, 2.24) is 14.9 Å². The highest BCUT2D eigenvalue weighted by Gasteiger charge is 2.26. The number of hydrogen-bond donors (Lipinski definition) is 1. The van der Waals surface area contributed by atoms with E-state index in [1.807, 2.05) is 42.6 Å². The predicted molar refractivity (Wildman–Crippen MR) is 111 cm³/mol. The fraction of sp³-hybridized carbons (Fsp3) is 0.429. The molecule has 7 heteroatoms. The van der Waals surface area contributed by atoms with Crippen molar-refractivity contribution in [3.8, 4) is 11.5 Å². The van der Waals surface area contributed by atoms with Crippen LogP contribution in [-0.2, 0) is 0 Å². The van der Waals surface area contributed by atoms with Crippen molar-refractivity contribution in [2.24, 2.45) is 5.92 Å². The predicted octanol–water partition coefficient (Wildman–Crippen LogP) is 3.66. The number of likely N-dealkylation sites (tertiary alicyclic amines) is 1. The fourth-order valence-corrected chi connectivity index (χ4v) is 4.71. The first kappa shape index (κ1) is 17.7.